The van der Waals surface area contributed by atoms with Crippen LogP contribution in [0, 0.1) is 13.8 Å². The average molecular weight is 442 g/mol. The van der Waals surface area contributed by atoms with Crippen molar-refractivity contribution in [3.63, 3.8) is 0 Å². The van der Waals surface area contributed by atoms with Gasteiger partial charge in [-0.1, -0.05) is 23.3 Å². The van der Waals surface area contributed by atoms with Crippen molar-refractivity contribution in [3.05, 3.63) is 82.0 Å². The zero-order valence-electron chi connectivity index (χ0n) is 18.9. The second-order valence-electron chi connectivity index (χ2n) is 9.01. The molecule has 33 heavy (non-hydrogen) atoms. The van der Waals surface area contributed by atoms with Crippen LogP contribution in [0.25, 0.3) is 0 Å². The molecule has 3 aromatic rings. The van der Waals surface area contributed by atoms with Gasteiger partial charge in [0.15, 0.2) is 0 Å². The molecule has 0 spiro atoms. The predicted molar refractivity (Wildman–Crippen MR) is 127 cm³/mol. The van der Waals surface area contributed by atoms with Crippen molar-refractivity contribution in [1.82, 2.24) is 10.3 Å². The lowest BCUT2D eigenvalue weighted by Crippen LogP contribution is -2.38. The van der Waals surface area contributed by atoms with E-state index in [2.05, 4.69) is 33.8 Å². The quantitative estimate of drug-likeness (QED) is 0.617. The minimum atomic E-state index is -0.0203. The molecule has 0 unspecified atom stereocenters. The Morgan fingerprint density at radius 1 is 1.03 bits per heavy atom. The first kappa shape index (κ1) is 21.2. The standard InChI is InChI=1S/C27H27N3O3/c1-16-11-17(2)13-20(12-16)27(32)29-21-5-3-18-4-6-22(15-19(18)14-21)33-24-9-10-28-26-23(24)7-8-25(31)30-26/h4,6,9-13,15,21H,3,5,7-8,14H2,1-2H3,(H,29,32)(H,28,30,31)/t21-/m1/s1. The number of anilines is 1. The Morgan fingerprint density at radius 2 is 1.85 bits per heavy atom. The van der Waals surface area contributed by atoms with Gasteiger partial charge in [0.05, 0.1) is 0 Å². The second kappa shape index (κ2) is 8.70. The van der Waals surface area contributed by atoms with Gasteiger partial charge in [0, 0.05) is 29.8 Å². The molecule has 1 atom stereocenters. The summed E-state index contributed by atoms with van der Waals surface area (Å²) in [5, 5.41) is 6.03. The fourth-order valence-electron chi connectivity index (χ4n) is 4.77. The number of rotatable bonds is 4. The summed E-state index contributed by atoms with van der Waals surface area (Å²) in [4.78, 5) is 28.8. The largest absolute Gasteiger partial charge is 0.457 e. The number of carbonyl (C=O) groups is 2. The molecule has 2 heterocycles. The molecule has 2 aliphatic rings. The van der Waals surface area contributed by atoms with E-state index in [9.17, 15) is 9.59 Å². The van der Waals surface area contributed by atoms with Crippen molar-refractivity contribution in [2.75, 3.05) is 5.32 Å². The number of ether oxygens (including phenoxy) is 1. The highest BCUT2D eigenvalue weighted by atomic mass is 16.5. The van der Waals surface area contributed by atoms with Gasteiger partial charge in [0.1, 0.15) is 17.3 Å². The van der Waals surface area contributed by atoms with Crippen molar-refractivity contribution in [3.8, 4) is 11.5 Å². The lowest BCUT2D eigenvalue weighted by molar-refractivity contribution is -0.116. The van der Waals surface area contributed by atoms with Gasteiger partial charge in [0.25, 0.3) is 5.91 Å². The molecule has 0 bridgehead atoms. The topological polar surface area (TPSA) is 80.3 Å². The molecule has 2 N–H and O–H groups in total. The van der Waals surface area contributed by atoms with Gasteiger partial charge in [-0.3, -0.25) is 9.59 Å². The fourth-order valence-corrected chi connectivity index (χ4v) is 4.77. The molecule has 0 saturated carbocycles. The van der Waals surface area contributed by atoms with Crippen molar-refractivity contribution in [2.24, 2.45) is 0 Å². The Hall–Kier alpha value is -3.67. The number of benzene rings is 2. The molecule has 6 nitrogen and oxygen atoms in total. The van der Waals surface area contributed by atoms with Crippen molar-refractivity contribution >= 4 is 17.6 Å². The Balaban J connectivity index is 1.31. The van der Waals surface area contributed by atoms with E-state index in [0.29, 0.717) is 24.2 Å². The van der Waals surface area contributed by atoms with Crippen LogP contribution in [0.5, 0.6) is 11.5 Å². The van der Waals surface area contributed by atoms with E-state index in [1.54, 1.807) is 6.20 Å². The van der Waals surface area contributed by atoms with E-state index in [1.807, 2.05) is 38.1 Å². The van der Waals surface area contributed by atoms with E-state index < -0.39 is 0 Å². The highest BCUT2D eigenvalue weighted by molar-refractivity contribution is 5.95. The van der Waals surface area contributed by atoms with Gasteiger partial charge in [0.2, 0.25) is 5.91 Å². The second-order valence-corrected chi connectivity index (χ2v) is 9.01. The van der Waals surface area contributed by atoms with Crippen LogP contribution in [0.2, 0.25) is 0 Å². The summed E-state index contributed by atoms with van der Waals surface area (Å²) in [6.07, 6.45) is 5.30. The first-order chi connectivity index (χ1) is 15.9. The summed E-state index contributed by atoms with van der Waals surface area (Å²) >= 11 is 0. The van der Waals surface area contributed by atoms with E-state index >= 15 is 0 Å². The normalized spacial score (nSPS) is 16.9. The molecule has 1 aliphatic heterocycles. The summed E-state index contributed by atoms with van der Waals surface area (Å²) in [6.45, 7) is 4.02. The van der Waals surface area contributed by atoms with Crippen LogP contribution >= 0.6 is 0 Å². The number of nitrogens with zero attached hydrogens (tertiary/aromatic N) is 1. The first-order valence-electron chi connectivity index (χ1n) is 11.4. The first-order valence-corrected chi connectivity index (χ1v) is 11.4. The monoisotopic (exact) mass is 441 g/mol. The van der Waals surface area contributed by atoms with Crippen LogP contribution in [-0.2, 0) is 24.1 Å². The number of nitrogens with one attached hydrogen (secondary N) is 2. The molecule has 0 radical (unpaired) electrons. The molecule has 6 heteroatoms. The molecular weight excluding hydrogens is 414 g/mol. The molecule has 2 amide bonds. The smallest absolute Gasteiger partial charge is 0.251 e. The van der Waals surface area contributed by atoms with Crippen LogP contribution in [0.1, 0.15) is 51.0 Å². The predicted octanol–water partition coefficient (Wildman–Crippen LogP) is 4.66. The van der Waals surface area contributed by atoms with Crippen LogP contribution < -0.4 is 15.4 Å². The van der Waals surface area contributed by atoms with Crippen molar-refractivity contribution in [1.29, 1.82) is 0 Å². The van der Waals surface area contributed by atoms with E-state index in [-0.39, 0.29) is 17.9 Å². The van der Waals surface area contributed by atoms with Crippen LogP contribution in [0.15, 0.2) is 48.7 Å². The maximum Gasteiger partial charge on any atom is 0.251 e. The van der Waals surface area contributed by atoms with Crippen molar-refractivity contribution in [2.45, 2.75) is 52.0 Å². The molecule has 2 aromatic carbocycles. The third-order valence-electron chi connectivity index (χ3n) is 6.33. The van der Waals surface area contributed by atoms with E-state index in [1.165, 1.54) is 11.1 Å². The summed E-state index contributed by atoms with van der Waals surface area (Å²) in [6, 6.07) is 14.0. The third-order valence-corrected chi connectivity index (χ3v) is 6.33. The number of fused-ring (bicyclic) bond motifs is 2. The molecule has 0 fully saturated rings. The molecule has 1 aliphatic carbocycles. The van der Waals surface area contributed by atoms with Gasteiger partial charge in [-0.15, -0.1) is 0 Å². The number of carbonyl (C=O) groups excluding carboxylic acids is 2. The number of amides is 2. The SMILES string of the molecule is Cc1cc(C)cc(C(=O)N[C@@H]2CCc3ccc(Oc4ccnc5c4CCC(=O)N5)cc3C2)c1. The van der Waals surface area contributed by atoms with Gasteiger partial charge in [-0.2, -0.15) is 0 Å². The van der Waals surface area contributed by atoms with Gasteiger partial charge in [-0.05, 0) is 81.0 Å². The third kappa shape index (κ3) is 4.60. The Morgan fingerprint density at radius 3 is 2.67 bits per heavy atom. The number of aromatic nitrogens is 1. The maximum absolute atomic E-state index is 12.8. The zero-order chi connectivity index (χ0) is 22.9. The number of aryl methyl sites for hydroxylation is 3. The van der Waals surface area contributed by atoms with Gasteiger partial charge in [-0.25, -0.2) is 4.98 Å². The highest BCUT2D eigenvalue weighted by Crippen LogP contribution is 2.34. The van der Waals surface area contributed by atoms with Crippen LogP contribution in [0.3, 0.4) is 0 Å². The molecule has 1 aromatic heterocycles. The molecule has 168 valence electrons. The van der Waals surface area contributed by atoms with Crippen LogP contribution in [0.4, 0.5) is 5.82 Å². The maximum atomic E-state index is 12.8. The molecule has 0 saturated heterocycles. The number of hydrogen-bond donors (Lipinski definition) is 2. The minimum Gasteiger partial charge on any atom is -0.457 e. The lowest BCUT2D eigenvalue weighted by atomic mass is 9.88. The van der Waals surface area contributed by atoms with Crippen LogP contribution in [-0.4, -0.2) is 22.8 Å². The zero-order valence-corrected chi connectivity index (χ0v) is 18.9. The summed E-state index contributed by atoms with van der Waals surface area (Å²) in [5.41, 5.74) is 6.31. The Bertz CT molecular complexity index is 1230. The summed E-state index contributed by atoms with van der Waals surface area (Å²) in [7, 11) is 0. The summed E-state index contributed by atoms with van der Waals surface area (Å²) < 4.78 is 6.21. The Labute approximate surface area is 193 Å². The van der Waals surface area contributed by atoms with Gasteiger partial charge >= 0.3 is 0 Å². The molecule has 5 rings (SSSR count). The fraction of sp³-hybridized carbons (Fsp3) is 0.296. The van der Waals surface area contributed by atoms with E-state index in [0.717, 1.165) is 47.5 Å². The number of hydrogen-bond acceptors (Lipinski definition) is 4. The number of pyridine rings is 1. The lowest BCUT2D eigenvalue weighted by Gasteiger charge is -2.26. The van der Waals surface area contributed by atoms with E-state index in [4.69, 9.17) is 4.74 Å². The van der Waals surface area contributed by atoms with Gasteiger partial charge < -0.3 is 15.4 Å². The Kier molecular flexibility index (Phi) is 5.58. The highest BCUT2D eigenvalue weighted by Gasteiger charge is 2.23. The molecular formula is C27H27N3O3. The summed E-state index contributed by atoms with van der Waals surface area (Å²) in [5.74, 6) is 2.01. The van der Waals surface area contributed by atoms with Crippen molar-refractivity contribution < 1.29 is 14.3 Å². The minimum absolute atomic E-state index is 0.0187. The average Bonchev–Trinajstić information content (AvgIpc) is 2.78.